The number of nitrogens with one attached hydrogen (secondary N) is 1. The molecule has 0 amide bonds. The molecule has 122 valence electrons. The lowest BCUT2D eigenvalue weighted by Crippen LogP contribution is -2.00. The number of benzene rings is 1. The van der Waals surface area contributed by atoms with Crippen molar-refractivity contribution in [3.8, 4) is 5.69 Å². The summed E-state index contributed by atoms with van der Waals surface area (Å²) in [6.07, 6.45) is 1.63. The van der Waals surface area contributed by atoms with Crippen LogP contribution in [0.2, 0.25) is 5.15 Å². The fourth-order valence-corrected chi connectivity index (χ4v) is 2.65. The van der Waals surface area contributed by atoms with Crippen molar-refractivity contribution in [2.75, 3.05) is 5.43 Å². The first-order chi connectivity index (χ1) is 11.5. The summed E-state index contributed by atoms with van der Waals surface area (Å²) in [5.41, 5.74) is 7.03. The van der Waals surface area contributed by atoms with Crippen LogP contribution in [0.3, 0.4) is 0 Å². The molecule has 1 aromatic carbocycles. The van der Waals surface area contributed by atoms with Gasteiger partial charge in [0.15, 0.2) is 0 Å². The molecule has 0 saturated heterocycles. The van der Waals surface area contributed by atoms with Crippen LogP contribution < -0.4 is 5.43 Å². The van der Waals surface area contributed by atoms with Gasteiger partial charge in [-0.25, -0.2) is 20.1 Å². The van der Waals surface area contributed by atoms with Crippen LogP contribution in [0.1, 0.15) is 22.6 Å². The predicted octanol–water partition coefficient (Wildman–Crippen LogP) is 3.69. The van der Waals surface area contributed by atoms with E-state index in [0.29, 0.717) is 11.1 Å². The molecule has 0 atom stereocenters. The molecule has 1 N–H and O–H groups in total. The Morgan fingerprint density at radius 2 is 1.75 bits per heavy atom. The van der Waals surface area contributed by atoms with Gasteiger partial charge >= 0.3 is 0 Å². The molecule has 24 heavy (non-hydrogen) atoms. The zero-order chi connectivity index (χ0) is 17.1. The second kappa shape index (κ2) is 6.80. The fraction of sp³-hybridized carbons (Fsp3) is 0.176. The molecule has 3 rings (SSSR count). The van der Waals surface area contributed by atoms with Crippen LogP contribution in [0.15, 0.2) is 41.5 Å². The average molecular weight is 341 g/mol. The molecule has 2 heterocycles. The molecule has 0 aliphatic rings. The number of hydrogen-bond acceptors (Lipinski definition) is 5. The molecule has 6 nitrogen and oxygen atoms in total. The summed E-state index contributed by atoms with van der Waals surface area (Å²) >= 11 is 6.45. The maximum absolute atomic E-state index is 6.45. The van der Waals surface area contributed by atoms with Crippen molar-refractivity contribution < 1.29 is 0 Å². The van der Waals surface area contributed by atoms with Gasteiger partial charge in [-0.3, -0.25) is 0 Å². The number of halogens is 1. The highest BCUT2D eigenvalue weighted by atomic mass is 35.5. The van der Waals surface area contributed by atoms with Gasteiger partial charge in [-0.1, -0.05) is 29.8 Å². The van der Waals surface area contributed by atoms with Gasteiger partial charge in [0.25, 0.3) is 0 Å². The molecule has 0 unspecified atom stereocenters. The van der Waals surface area contributed by atoms with Gasteiger partial charge in [-0.15, -0.1) is 0 Å². The van der Waals surface area contributed by atoms with Crippen LogP contribution in [0.4, 0.5) is 5.95 Å². The van der Waals surface area contributed by atoms with E-state index in [1.54, 1.807) is 10.9 Å². The summed E-state index contributed by atoms with van der Waals surface area (Å²) in [5, 5.41) is 9.16. The highest BCUT2D eigenvalue weighted by Gasteiger charge is 2.12. The Hall–Kier alpha value is -2.73. The minimum absolute atomic E-state index is 0.452. The lowest BCUT2D eigenvalue weighted by atomic mass is 10.3. The Labute approximate surface area is 145 Å². The maximum Gasteiger partial charge on any atom is 0.243 e. The van der Waals surface area contributed by atoms with E-state index in [-0.39, 0.29) is 0 Å². The molecule has 3 aromatic rings. The van der Waals surface area contributed by atoms with Crippen LogP contribution in [-0.4, -0.2) is 26.0 Å². The predicted molar refractivity (Wildman–Crippen MR) is 96.0 cm³/mol. The van der Waals surface area contributed by atoms with E-state index >= 15 is 0 Å². The molecular formula is C17H17ClN6. The first-order valence-electron chi connectivity index (χ1n) is 7.46. The van der Waals surface area contributed by atoms with Crippen molar-refractivity contribution in [2.24, 2.45) is 5.10 Å². The quantitative estimate of drug-likeness (QED) is 0.581. The summed E-state index contributed by atoms with van der Waals surface area (Å²) < 4.78 is 1.69. The standard InChI is InChI=1S/C17H17ClN6/c1-11-9-12(2)21-17(20-11)22-19-10-15-13(3)23-24(16(15)18)14-7-5-4-6-8-14/h4-10H,1-3H3,(H,20,21,22)/b19-10+. The molecule has 0 radical (unpaired) electrons. The number of hydrazone groups is 1. The van der Waals surface area contributed by atoms with Crippen LogP contribution in [-0.2, 0) is 0 Å². The van der Waals surface area contributed by atoms with Crippen molar-refractivity contribution in [1.82, 2.24) is 19.7 Å². The Balaban J connectivity index is 1.84. The zero-order valence-electron chi connectivity index (χ0n) is 13.7. The summed E-state index contributed by atoms with van der Waals surface area (Å²) in [6, 6.07) is 11.6. The Kier molecular flexibility index (Phi) is 4.57. The average Bonchev–Trinajstić information content (AvgIpc) is 2.83. The number of aryl methyl sites for hydroxylation is 3. The molecule has 0 aliphatic heterocycles. The van der Waals surface area contributed by atoms with Crippen molar-refractivity contribution in [1.29, 1.82) is 0 Å². The molecule has 0 saturated carbocycles. The number of anilines is 1. The van der Waals surface area contributed by atoms with Gasteiger partial charge in [0.05, 0.1) is 23.2 Å². The Morgan fingerprint density at radius 1 is 1.08 bits per heavy atom. The van der Waals surface area contributed by atoms with Crippen molar-refractivity contribution in [3.05, 3.63) is 64.2 Å². The smallest absolute Gasteiger partial charge is 0.243 e. The number of rotatable bonds is 4. The van der Waals surface area contributed by atoms with Crippen molar-refractivity contribution in [2.45, 2.75) is 20.8 Å². The fourth-order valence-electron chi connectivity index (χ4n) is 2.33. The molecule has 0 aliphatic carbocycles. The van der Waals surface area contributed by atoms with E-state index in [0.717, 1.165) is 28.3 Å². The van der Waals surface area contributed by atoms with Crippen LogP contribution >= 0.6 is 11.6 Å². The Morgan fingerprint density at radius 3 is 2.42 bits per heavy atom. The molecular weight excluding hydrogens is 324 g/mol. The minimum Gasteiger partial charge on any atom is -0.245 e. The van der Waals surface area contributed by atoms with Crippen molar-refractivity contribution in [3.63, 3.8) is 0 Å². The van der Waals surface area contributed by atoms with Gasteiger partial charge < -0.3 is 0 Å². The largest absolute Gasteiger partial charge is 0.245 e. The topological polar surface area (TPSA) is 68.0 Å². The third-order valence-corrected chi connectivity index (χ3v) is 3.75. The summed E-state index contributed by atoms with van der Waals surface area (Å²) in [6.45, 7) is 5.71. The maximum atomic E-state index is 6.45. The molecule has 2 aromatic heterocycles. The van der Waals surface area contributed by atoms with Crippen LogP contribution in [0, 0.1) is 20.8 Å². The lowest BCUT2D eigenvalue weighted by Gasteiger charge is -2.02. The minimum atomic E-state index is 0.452. The number of nitrogens with zero attached hydrogens (tertiary/aromatic N) is 5. The first-order valence-corrected chi connectivity index (χ1v) is 7.84. The first kappa shape index (κ1) is 16.1. The third-order valence-electron chi connectivity index (χ3n) is 3.39. The van der Waals surface area contributed by atoms with Gasteiger partial charge in [-0.2, -0.15) is 10.2 Å². The summed E-state index contributed by atoms with van der Waals surface area (Å²) in [4.78, 5) is 8.55. The number of aromatic nitrogens is 4. The summed E-state index contributed by atoms with van der Waals surface area (Å²) in [7, 11) is 0. The molecule has 0 bridgehead atoms. The highest BCUT2D eigenvalue weighted by Crippen LogP contribution is 2.21. The van der Waals surface area contributed by atoms with Gasteiger partial charge in [0.2, 0.25) is 5.95 Å². The van der Waals surface area contributed by atoms with Crippen LogP contribution in [0.25, 0.3) is 5.69 Å². The van der Waals surface area contributed by atoms with E-state index in [1.165, 1.54) is 0 Å². The zero-order valence-corrected chi connectivity index (χ0v) is 14.4. The van der Waals surface area contributed by atoms with Gasteiger partial charge in [0, 0.05) is 11.4 Å². The Bertz CT molecular complexity index is 865. The van der Waals surface area contributed by atoms with Crippen molar-refractivity contribution >= 4 is 23.8 Å². The number of para-hydroxylation sites is 1. The van der Waals surface area contributed by atoms with E-state index in [4.69, 9.17) is 11.6 Å². The third kappa shape index (κ3) is 3.44. The second-order valence-electron chi connectivity index (χ2n) is 5.38. The van der Waals surface area contributed by atoms with E-state index in [2.05, 4.69) is 25.6 Å². The lowest BCUT2D eigenvalue weighted by molar-refractivity contribution is 0.863. The van der Waals surface area contributed by atoms with Gasteiger partial charge in [-0.05, 0) is 39.0 Å². The molecule has 0 fully saturated rings. The number of hydrogen-bond donors (Lipinski definition) is 1. The van der Waals surface area contributed by atoms with E-state index in [1.807, 2.05) is 57.2 Å². The molecule has 7 heteroatoms. The van der Waals surface area contributed by atoms with Crippen LogP contribution in [0.5, 0.6) is 0 Å². The van der Waals surface area contributed by atoms with Gasteiger partial charge in [0.1, 0.15) is 5.15 Å². The second-order valence-corrected chi connectivity index (χ2v) is 5.74. The van der Waals surface area contributed by atoms with E-state index < -0.39 is 0 Å². The van der Waals surface area contributed by atoms with E-state index in [9.17, 15) is 0 Å². The molecule has 0 spiro atoms. The SMILES string of the molecule is Cc1cc(C)nc(N/N=C/c2c(C)nn(-c3ccccc3)c2Cl)n1. The summed E-state index contributed by atoms with van der Waals surface area (Å²) in [5.74, 6) is 0.452. The normalized spacial score (nSPS) is 11.2. The highest BCUT2D eigenvalue weighted by molar-refractivity contribution is 6.32. The monoisotopic (exact) mass is 340 g/mol.